The summed E-state index contributed by atoms with van der Waals surface area (Å²) in [6, 6.07) is 8.74. The van der Waals surface area contributed by atoms with Gasteiger partial charge in [-0.25, -0.2) is 9.97 Å². The zero-order chi connectivity index (χ0) is 15.6. The van der Waals surface area contributed by atoms with Crippen LogP contribution in [0.1, 0.15) is 24.1 Å². The summed E-state index contributed by atoms with van der Waals surface area (Å²) in [5, 5.41) is 0. The Labute approximate surface area is 138 Å². The molecule has 0 unspecified atom stereocenters. The number of benzene rings is 1. The second kappa shape index (κ2) is 6.13. The Morgan fingerprint density at radius 3 is 2.70 bits per heavy atom. The van der Waals surface area contributed by atoms with Crippen molar-refractivity contribution in [3.8, 4) is 0 Å². The highest BCUT2D eigenvalue weighted by atomic mass is 16.5. The molecule has 0 saturated carbocycles. The molecule has 2 heterocycles. The third kappa shape index (κ3) is 3.13. The van der Waals surface area contributed by atoms with Gasteiger partial charge in [0.1, 0.15) is 5.82 Å². The number of nitrogens with zero attached hydrogens (tertiary/aromatic N) is 3. The van der Waals surface area contributed by atoms with E-state index in [0.717, 1.165) is 57.1 Å². The first kappa shape index (κ1) is 14.4. The summed E-state index contributed by atoms with van der Waals surface area (Å²) in [5.41, 5.74) is 6.15. The average molecular weight is 309 g/mol. The van der Waals surface area contributed by atoms with Gasteiger partial charge in [0.05, 0.1) is 18.9 Å². The maximum atomic E-state index is 5.40. The van der Waals surface area contributed by atoms with Gasteiger partial charge in [-0.1, -0.05) is 24.3 Å². The van der Waals surface area contributed by atoms with E-state index < -0.39 is 0 Å². The number of allylic oxidation sites excluding steroid dienone is 1. The van der Waals surface area contributed by atoms with Gasteiger partial charge in [-0.2, -0.15) is 0 Å². The molecule has 1 aliphatic carbocycles. The molecule has 2 aromatic rings. The van der Waals surface area contributed by atoms with E-state index in [4.69, 9.17) is 9.72 Å². The fourth-order valence-corrected chi connectivity index (χ4v) is 3.27. The van der Waals surface area contributed by atoms with Gasteiger partial charge in [0.25, 0.3) is 0 Å². The first-order valence-corrected chi connectivity index (χ1v) is 8.20. The molecule has 23 heavy (non-hydrogen) atoms. The van der Waals surface area contributed by atoms with Crippen LogP contribution in [0.15, 0.2) is 42.6 Å². The maximum absolute atomic E-state index is 5.40. The smallest absolute Gasteiger partial charge is 0.132 e. The summed E-state index contributed by atoms with van der Waals surface area (Å²) < 4.78 is 5.40. The van der Waals surface area contributed by atoms with Crippen LogP contribution in [0.4, 0.5) is 5.69 Å². The summed E-state index contributed by atoms with van der Waals surface area (Å²) in [7, 11) is 0. The average Bonchev–Trinajstić information content (AvgIpc) is 2.96. The lowest BCUT2D eigenvalue weighted by atomic mass is 10.1. The molecule has 0 N–H and O–H groups in total. The quantitative estimate of drug-likeness (QED) is 0.817. The fraction of sp³-hybridized carbons (Fsp3) is 0.368. The molecule has 1 aromatic carbocycles. The fourth-order valence-electron chi connectivity index (χ4n) is 3.27. The van der Waals surface area contributed by atoms with Gasteiger partial charge in [0, 0.05) is 39.2 Å². The van der Waals surface area contributed by atoms with Gasteiger partial charge < -0.3 is 9.64 Å². The molecule has 4 nitrogen and oxygen atoms in total. The van der Waals surface area contributed by atoms with Crippen LogP contribution in [0.3, 0.4) is 0 Å². The number of aromatic nitrogens is 2. The van der Waals surface area contributed by atoms with Gasteiger partial charge >= 0.3 is 0 Å². The molecule has 2 aliphatic rings. The number of anilines is 1. The molecule has 4 heteroatoms. The number of hydrogen-bond donors (Lipinski definition) is 0. The van der Waals surface area contributed by atoms with Crippen molar-refractivity contribution in [1.82, 2.24) is 9.97 Å². The minimum absolute atomic E-state index is 0. The van der Waals surface area contributed by atoms with Gasteiger partial charge in [0.15, 0.2) is 0 Å². The van der Waals surface area contributed by atoms with Crippen LogP contribution in [0.25, 0.3) is 0 Å². The summed E-state index contributed by atoms with van der Waals surface area (Å²) >= 11 is 0. The highest BCUT2D eigenvalue weighted by Gasteiger charge is 2.16. The second-order valence-corrected chi connectivity index (χ2v) is 6.30. The van der Waals surface area contributed by atoms with E-state index in [1.807, 2.05) is 6.20 Å². The van der Waals surface area contributed by atoms with Crippen molar-refractivity contribution in [1.29, 1.82) is 0 Å². The van der Waals surface area contributed by atoms with Gasteiger partial charge in [-0.15, -0.1) is 0 Å². The van der Waals surface area contributed by atoms with Gasteiger partial charge in [-0.05, 0) is 29.7 Å². The predicted octanol–water partition coefficient (Wildman–Crippen LogP) is 2.80. The topological polar surface area (TPSA) is 38.2 Å². The third-order valence-corrected chi connectivity index (χ3v) is 4.54. The highest BCUT2D eigenvalue weighted by Crippen LogP contribution is 2.23. The Hall–Kier alpha value is -2.20. The molecule has 0 atom stereocenters. The molecule has 0 amide bonds. The van der Waals surface area contributed by atoms with E-state index in [9.17, 15) is 0 Å². The summed E-state index contributed by atoms with van der Waals surface area (Å²) in [6.45, 7) is 7.63. The normalized spacial score (nSPS) is 17.4. The van der Waals surface area contributed by atoms with E-state index in [1.54, 1.807) is 0 Å². The molecule has 4 rings (SSSR count). The van der Waals surface area contributed by atoms with Crippen LogP contribution in [0.5, 0.6) is 0 Å². The number of ether oxygens (including phenoxy) is 1. The number of rotatable bonds is 3. The van der Waals surface area contributed by atoms with Crippen molar-refractivity contribution in [2.75, 3.05) is 31.2 Å². The standard InChI is InChI=1S/C19H21N3O.H2/c1-14-10-16-13-20-19(21-18(16)11-14)12-15-2-4-17(5-3-15)22-6-8-23-9-7-22;/h2-5,13H,1,6-12H2;1H. The first-order chi connectivity index (χ1) is 11.3. The van der Waals surface area contributed by atoms with Crippen LogP contribution in [-0.4, -0.2) is 36.3 Å². The summed E-state index contributed by atoms with van der Waals surface area (Å²) in [5.74, 6) is 0.901. The van der Waals surface area contributed by atoms with Gasteiger partial charge in [-0.3, -0.25) is 0 Å². The van der Waals surface area contributed by atoms with Crippen LogP contribution < -0.4 is 4.90 Å². The van der Waals surface area contributed by atoms with E-state index >= 15 is 0 Å². The van der Waals surface area contributed by atoms with Gasteiger partial charge in [0.2, 0.25) is 0 Å². The van der Waals surface area contributed by atoms with E-state index in [-0.39, 0.29) is 1.43 Å². The van der Waals surface area contributed by atoms with Crippen LogP contribution in [0, 0.1) is 0 Å². The van der Waals surface area contributed by atoms with Crippen molar-refractivity contribution < 1.29 is 6.16 Å². The molecule has 1 saturated heterocycles. The minimum atomic E-state index is 0. The van der Waals surface area contributed by atoms with Crippen molar-refractivity contribution in [2.45, 2.75) is 19.3 Å². The van der Waals surface area contributed by atoms with E-state index in [1.165, 1.54) is 22.4 Å². The van der Waals surface area contributed by atoms with Crippen LogP contribution in [0.2, 0.25) is 0 Å². The van der Waals surface area contributed by atoms with Crippen LogP contribution in [-0.2, 0) is 24.0 Å². The van der Waals surface area contributed by atoms with E-state index in [2.05, 4.69) is 40.7 Å². The first-order valence-electron chi connectivity index (χ1n) is 8.20. The highest BCUT2D eigenvalue weighted by molar-refractivity contribution is 5.48. The molecule has 0 spiro atoms. The van der Waals surface area contributed by atoms with E-state index in [0.29, 0.717) is 0 Å². The minimum Gasteiger partial charge on any atom is -0.378 e. The number of morpholine rings is 1. The number of fused-ring (bicyclic) bond motifs is 1. The number of hydrogen-bond acceptors (Lipinski definition) is 4. The molecule has 1 aliphatic heterocycles. The largest absolute Gasteiger partial charge is 0.378 e. The van der Waals surface area contributed by atoms with Crippen molar-refractivity contribution in [2.24, 2.45) is 0 Å². The van der Waals surface area contributed by atoms with Crippen molar-refractivity contribution >= 4 is 5.69 Å². The Morgan fingerprint density at radius 2 is 1.91 bits per heavy atom. The SMILES string of the molecule is C=C1Cc2cnc(Cc3ccc(N4CCOCC4)cc3)nc2C1.[HH]. The lowest BCUT2D eigenvalue weighted by Gasteiger charge is -2.28. The van der Waals surface area contributed by atoms with Crippen molar-refractivity contribution in [3.63, 3.8) is 0 Å². The second-order valence-electron chi connectivity index (χ2n) is 6.30. The van der Waals surface area contributed by atoms with Crippen molar-refractivity contribution in [3.05, 3.63) is 65.3 Å². The molecule has 120 valence electrons. The Bertz CT molecular complexity index is 724. The summed E-state index contributed by atoms with van der Waals surface area (Å²) in [4.78, 5) is 11.6. The molecule has 1 fully saturated rings. The van der Waals surface area contributed by atoms with Crippen LogP contribution >= 0.6 is 0 Å². The monoisotopic (exact) mass is 309 g/mol. The lowest BCUT2D eigenvalue weighted by Crippen LogP contribution is -2.36. The molecule has 0 radical (unpaired) electrons. The Balaban J connectivity index is 0.00000169. The molecular weight excluding hydrogens is 286 g/mol. The zero-order valence-corrected chi connectivity index (χ0v) is 13.3. The maximum Gasteiger partial charge on any atom is 0.132 e. The molecule has 0 bridgehead atoms. The third-order valence-electron chi connectivity index (χ3n) is 4.54. The molecule has 1 aromatic heterocycles. The molecular formula is C19H23N3O. The lowest BCUT2D eigenvalue weighted by molar-refractivity contribution is 0.122. The Kier molecular flexibility index (Phi) is 3.83. The predicted molar refractivity (Wildman–Crippen MR) is 93.0 cm³/mol. The Morgan fingerprint density at radius 1 is 1.13 bits per heavy atom. The summed E-state index contributed by atoms with van der Waals surface area (Å²) in [6.07, 6.45) is 4.59. The zero-order valence-electron chi connectivity index (χ0n) is 13.3.